The minimum atomic E-state index is -0.422. The Hall–Kier alpha value is -1.25. The van der Waals surface area contributed by atoms with Crippen LogP contribution in [0.1, 0.15) is 59.3 Å². The summed E-state index contributed by atoms with van der Waals surface area (Å²) in [4.78, 5) is 37.5. The molecular formula is C20H26O3. The van der Waals surface area contributed by atoms with Crippen molar-refractivity contribution in [2.45, 2.75) is 59.3 Å². The molecule has 3 saturated carbocycles. The maximum Gasteiger partial charge on any atom is 0.155 e. The first-order chi connectivity index (χ1) is 10.8. The first-order valence-electron chi connectivity index (χ1n) is 9.07. The van der Waals surface area contributed by atoms with E-state index in [0.29, 0.717) is 42.8 Å². The van der Waals surface area contributed by atoms with Gasteiger partial charge in [-0.1, -0.05) is 26.3 Å². The van der Waals surface area contributed by atoms with Crippen molar-refractivity contribution < 1.29 is 14.4 Å². The topological polar surface area (TPSA) is 51.2 Å². The Balaban J connectivity index is 1.82. The van der Waals surface area contributed by atoms with Gasteiger partial charge in [-0.3, -0.25) is 14.4 Å². The van der Waals surface area contributed by atoms with Crippen LogP contribution < -0.4 is 0 Å². The van der Waals surface area contributed by atoms with Crippen LogP contribution in [0.15, 0.2) is 11.6 Å². The van der Waals surface area contributed by atoms with Crippen molar-refractivity contribution in [3.8, 4) is 0 Å². The van der Waals surface area contributed by atoms with Gasteiger partial charge in [-0.05, 0) is 48.5 Å². The van der Waals surface area contributed by atoms with Crippen molar-refractivity contribution in [2.75, 3.05) is 0 Å². The Morgan fingerprint density at radius 3 is 2.57 bits per heavy atom. The minimum absolute atomic E-state index is 0.00887. The maximum absolute atomic E-state index is 13.1. The molecule has 4 aliphatic carbocycles. The molecule has 0 aromatic heterocycles. The molecule has 4 rings (SSSR count). The van der Waals surface area contributed by atoms with Crippen LogP contribution in [0, 0.1) is 34.5 Å². The van der Waals surface area contributed by atoms with E-state index in [1.807, 2.05) is 13.0 Å². The molecule has 3 nitrogen and oxygen atoms in total. The van der Waals surface area contributed by atoms with Crippen LogP contribution in [-0.2, 0) is 14.4 Å². The first kappa shape index (κ1) is 15.3. The van der Waals surface area contributed by atoms with Crippen LogP contribution in [0.3, 0.4) is 0 Å². The first-order valence-corrected chi connectivity index (χ1v) is 9.07. The number of carbonyl (C=O) groups excluding carboxylic acids is 3. The molecular weight excluding hydrogens is 288 g/mol. The van der Waals surface area contributed by atoms with Gasteiger partial charge in [-0.15, -0.1) is 0 Å². The largest absolute Gasteiger partial charge is 0.299 e. The number of fused-ring (bicyclic) bond motifs is 5. The molecule has 0 aromatic carbocycles. The molecule has 124 valence electrons. The van der Waals surface area contributed by atoms with E-state index in [9.17, 15) is 14.4 Å². The van der Waals surface area contributed by atoms with E-state index in [0.717, 1.165) is 19.3 Å². The predicted molar refractivity (Wildman–Crippen MR) is 86.7 cm³/mol. The van der Waals surface area contributed by atoms with Crippen molar-refractivity contribution >= 4 is 17.3 Å². The number of hydrogen-bond acceptors (Lipinski definition) is 3. The lowest BCUT2D eigenvalue weighted by atomic mass is 9.45. The normalized spacial score (nSPS) is 49.3. The number of rotatable bonds is 0. The van der Waals surface area contributed by atoms with Gasteiger partial charge >= 0.3 is 0 Å². The van der Waals surface area contributed by atoms with E-state index in [2.05, 4.69) is 13.8 Å². The monoisotopic (exact) mass is 314 g/mol. The summed E-state index contributed by atoms with van der Waals surface area (Å²) in [7, 11) is 0. The van der Waals surface area contributed by atoms with Gasteiger partial charge in [0.25, 0.3) is 0 Å². The van der Waals surface area contributed by atoms with Gasteiger partial charge in [0.1, 0.15) is 11.6 Å². The highest BCUT2D eigenvalue weighted by Gasteiger charge is 2.63. The number of Topliss-reactive ketones (excluding diaryl/α,β-unsaturated/α-hetero) is 2. The number of allylic oxidation sites excluding steroid dienone is 1. The summed E-state index contributed by atoms with van der Waals surface area (Å²) in [6.07, 6.45) is 6.11. The van der Waals surface area contributed by atoms with Crippen molar-refractivity contribution in [2.24, 2.45) is 34.5 Å². The van der Waals surface area contributed by atoms with Crippen molar-refractivity contribution in [1.29, 1.82) is 0 Å². The molecule has 0 N–H and O–H groups in total. The summed E-state index contributed by atoms with van der Waals surface area (Å²) >= 11 is 0. The summed E-state index contributed by atoms with van der Waals surface area (Å²) in [5.74, 6) is 1.84. The standard InChI is InChI=1S/C20H26O3/c1-11-8-12-9-13(21)6-7-19(12,2)18-15(22)10-20(3)14(17(11)18)4-5-16(20)23/h9,11,14,17-18H,4-8,10H2,1-3H3/t11?,14-,17-,18+,19-,20-/m0/s1. The Bertz CT molecular complexity index is 645. The van der Waals surface area contributed by atoms with E-state index >= 15 is 0 Å². The zero-order valence-corrected chi connectivity index (χ0v) is 14.4. The summed E-state index contributed by atoms with van der Waals surface area (Å²) < 4.78 is 0. The molecule has 0 amide bonds. The van der Waals surface area contributed by atoms with Crippen molar-refractivity contribution in [1.82, 2.24) is 0 Å². The molecule has 1 unspecified atom stereocenters. The molecule has 3 heteroatoms. The molecule has 23 heavy (non-hydrogen) atoms. The third-order valence-corrected chi connectivity index (χ3v) is 7.72. The lowest BCUT2D eigenvalue weighted by Gasteiger charge is -2.57. The second-order valence-electron chi connectivity index (χ2n) is 8.92. The zero-order chi connectivity index (χ0) is 16.6. The molecule has 0 heterocycles. The minimum Gasteiger partial charge on any atom is -0.299 e. The average Bonchev–Trinajstić information content (AvgIpc) is 2.76. The van der Waals surface area contributed by atoms with E-state index in [1.54, 1.807) is 0 Å². The lowest BCUT2D eigenvalue weighted by Crippen LogP contribution is -2.57. The predicted octanol–water partition coefficient (Wildman–Crippen LogP) is 3.51. The van der Waals surface area contributed by atoms with Crippen molar-refractivity contribution in [3.05, 3.63) is 11.6 Å². The third kappa shape index (κ3) is 1.85. The smallest absolute Gasteiger partial charge is 0.155 e. The molecule has 6 atom stereocenters. The molecule has 0 spiro atoms. The van der Waals surface area contributed by atoms with Gasteiger partial charge in [0.15, 0.2) is 5.78 Å². The highest BCUT2D eigenvalue weighted by molar-refractivity contribution is 5.96. The fraction of sp³-hybridized carbons (Fsp3) is 0.750. The SMILES string of the molecule is CC1CC2=CC(=O)CC[C@]2(C)[C@@H]2C(=O)C[C@]3(C)C(=O)CC[C@H]3[C@H]12. The Labute approximate surface area is 137 Å². The second kappa shape index (κ2) is 4.64. The van der Waals surface area contributed by atoms with Gasteiger partial charge in [0, 0.05) is 30.6 Å². The van der Waals surface area contributed by atoms with E-state index in [4.69, 9.17) is 0 Å². The molecule has 0 saturated heterocycles. The van der Waals surface area contributed by atoms with Crippen LogP contribution in [0.25, 0.3) is 0 Å². The van der Waals surface area contributed by atoms with Crippen LogP contribution in [-0.4, -0.2) is 17.3 Å². The maximum atomic E-state index is 13.1. The summed E-state index contributed by atoms with van der Waals surface area (Å²) in [5.41, 5.74) is 0.618. The van der Waals surface area contributed by atoms with Gasteiger partial charge in [-0.2, -0.15) is 0 Å². The fourth-order valence-electron chi connectivity index (χ4n) is 6.47. The molecule has 4 aliphatic rings. The van der Waals surface area contributed by atoms with Gasteiger partial charge in [-0.25, -0.2) is 0 Å². The van der Waals surface area contributed by atoms with Gasteiger partial charge in [0.2, 0.25) is 0 Å². The second-order valence-corrected chi connectivity index (χ2v) is 8.92. The zero-order valence-electron chi connectivity index (χ0n) is 14.4. The van der Waals surface area contributed by atoms with E-state index in [-0.39, 0.29) is 22.9 Å². The van der Waals surface area contributed by atoms with Crippen LogP contribution in [0.5, 0.6) is 0 Å². The lowest BCUT2D eigenvalue weighted by molar-refractivity contribution is -0.153. The van der Waals surface area contributed by atoms with Gasteiger partial charge in [0.05, 0.1) is 0 Å². The van der Waals surface area contributed by atoms with Gasteiger partial charge < -0.3 is 0 Å². The van der Waals surface area contributed by atoms with Crippen LogP contribution in [0.2, 0.25) is 0 Å². The number of hydrogen-bond donors (Lipinski definition) is 0. The highest BCUT2D eigenvalue weighted by atomic mass is 16.1. The highest BCUT2D eigenvalue weighted by Crippen LogP contribution is 2.64. The van der Waals surface area contributed by atoms with E-state index in [1.165, 1.54) is 5.57 Å². The van der Waals surface area contributed by atoms with Crippen LogP contribution in [0.4, 0.5) is 0 Å². The molecule has 0 aromatic rings. The van der Waals surface area contributed by atoms with Crippen molar-refractivity contribution in [3.63, 3.8) is 0 Å². The number of carbonyl (C=O) groups is 3. The number of ketones is 3. The van der Waals surface area contributed by atoms with E-state index < -0.39 is 5.41 Å². The Morgan fingerprint density at radius 2 is 1.83 bits per heavy atom. The molecule has 0 bridgehead atoms. The Morgan fingerprint density at radius 1 is 1.09 bits per heavy atom. The fourth-order valence-corrected chi connectivity index (χ4v) is 6.47. The Kier molecular flexibility index (Phi) is 3.09. The molecule has 0 radical (unpaired) electrons. The summed E-state index contributed by atoms with van der Waals surface area (Å²) in [6.45, 7) is 6.46. The quantitative estimate of drug-likeness (QED) is 0.687. The third-order valence-electron chi connectivity index (χ3n) is 7.72. The average molecular weight is 314 g/mol. The summed E-state index contributed by atoms with van der Waals surface area (Å²) in [5, 5.41) is 0. The summed E-state index contributed by atoms with van der Waals surface area (Å²) in [6, 6.07) is 0. The molecule has 3 fully saturated rings. The van der Waals surface area contributed by atoms with Crippen LogP contribution >= 0.6 is 0 Å². The molecule has 0 aliphatic heterocycles.